The van der Waals surface area contributed by atoms with Crippen molar-refractivity contribution in [2.45, 2.75) is 71.9 Å². The fraction of sp³-hybridized carbons (Fsp3) is 1.00. The first-order valence-corrected chi connectivity index (χ1v) is 9.47. The predicted octanol–water partition coefficient (Wildman–Crippen LogP) is 4.14. The molecule has 3 aliphatic carbocycles. The molecule has 3 saturated carbocycles. The Morgan fingerprint density at radius 1 is 0.538 bits per heavy atom. The molecule has 3 aliphatic rings. The quantitative estimate of drug-likeness (QED) is 0.650. The molecule has 0 atom stereocenters. The van der Waals surface area contributed by atoms with Gasteiger partial charge in [0.1, 0.15) is 0 Å². The molecule has 0 unspecified atom stereocenters. The fourth-order valence-electron chi connectivity index (χ4n) is 2.95. The molecule has 0 aliphatic heterocycles. The van der Waals surface area contributed by atoms with Crippen LogP contribution in [-0.2, 0) is 0 Å². The summed E-state index contributed by atoms with van der Waals surface area (Å²) in [5.41, 5.74) is 0. The predicted molar refractivity (Wildman–Crippen MR) is 58.6 cm³/mol. The Bertz CT molecular complexity index is 144. The van der Waals surface area contributed by atoms with Crippen molar-refractivity contribution in [3.8, 4) is 0 Å². The Kier molecular flexibility index (Phi) is 2.45. The molecule has 0 aromatic heterocycles. The van der Waals surface area contributed by atoms with Gasteiger partial charge in [0.25, 0.3) is 0 Å². The van der Waals surface area contributed by atoms with Gasteiger partial charge in [-0.05, 0) is 0 Å². The number of hydrogen-bond acceptors (Lipinski definition) is 0. The maximum atomic E-state index is 1.65. The van der Waals surface area contributed by atoms with E-state index in [4.69, 9.17) is 0 Å². The molecule has 0 amide bonds. The third-order valence-electron chi connectivity index (χ3n) is 4.49. The fourth-order valence-corrected chi connectivity index (χ4v) is 12.8. The van der Waals surface area contributed by atoms with E-state index >= 15 is 0 Å². The minimum absolute atomic E-state index is 0.328. The second-order valence-electron chi connectivity index (χ2n) is 5.20. The molecule has 3 rings (SSSR count). The van der Waals surface area contributed by atoms with Crippen LogP contribution in [0.4, 0.5) is 0 Å². The monoisotopic (exact) mass is 240 g/mol. The summed E-state index contributed by atoms with van der Waals surface area (Å²) in [7, 11) is 0. The van der Waals surface area contributed by atoms with Gasteiger partial charge in [-0.3, -0.25) is 0 Å². The van der Waals surface area contributed by atoms with Crippen LogP contribution in [0.25, 0.3) is 0 Å². The zero-order valence-electron chi connectivity index (χ0n) is 8.54. The molecule has 0 spiro atoms. The van der Waals surface area contributed by atoms with E-state index in [1.165, 1.54) is 14.1 Å². The first-order chi connectivity index (χ1) is 6.45. The first-order valence-electron chi connectivity index (χ1n) is 6.22. The third kappa shape index (κ3) is 1.50. The molecule has 1 heteroatoms. The van der Waals surface area contributed by atoms with Crippen LogP contribution in [0.3, 0.4) is 0 Å². The molecular formula is C12H21As. The molecule has 74 valence electrons. The van der Waals surface area contributed by atoms with E-state index in [0.29, 0.717) is 0 Å². The van der Waals surface area contributed by atoms with Crippen LogP contribution >= 0.6 is 0 Å². The second kappa shape index (κ2) is 3.61. The van der Waals surface area contributed by atoms with Crippen molar-refractivity contribution in [2.24, 2.45) is 0 Å². The number of hydrogen-bond donors (Lipinski definition) is 0. The zero-order chi connectivity index (χ0) is 8.67. The van der Waals surface area contributed by atoms with Crippen molar-refractivity contribution in [1.29, 1.82) is 0 Å². The summed E-state index contributed by atoms with van der Waals surface area (Å²) in [4.78, 5) is 0. The summed E-state index contributed by atoms with van der Waals surface area (Å²) in [6, 6.07) is 0. The van der Waals surface area contributed by atoms with Crippen LogP contribution in [0.5, 0.6) is 0 Å². The molecule has 0 bridgehead atoms. The maximum absolute atomic E-state index is 1.65. The number of rotatable bonds is 3. The summed E-state index contributed by atoms with van der Waals surface area (Å²) in [5.74, 6) is 0. The Hall–Kier alpha value is 0.558. The molecule has 0 saturated heterocycles. The van der Waals surface area contributed by atoms with Gasteiger partial charge in [-0.15, -0.1) is 0 Å². The molecule has 0 aromatic rings. The van der Waals surface area contributed by atoms with Crippen LogP contribution in [0, 0.1) is 0 Å². The van der Waals surface area contributed by atoms with Gasteiger partial charge in [-0.25, -0.2) is 0 Å². The Morgan fingerprint density at radius 3 is 1.00 bits per heavy atom. The van der Waals surface area contributed by atoms with Crippen LogP contribution in [0.15, 0.2) is 0 Å². The van der Waals surface area contributed by atoms with Crippen molar-refractivity contribution in [2.75, 3.05) is 0 Å². The topological polar surface area (TPSA) is 0 Å². The van der Waals surface area contributed by atoms with E-state index in [1.54, 1.807) is 57.8 Å². The SMILES string of the molecule is C1CC([As](C2CCC2)C2CCC2)C1. The Balaban J connectivity index is 1.64. The van der Waals surface area contributed by atoms with Gasteiger partial charge in [0.05, 0.1) is 0 Å². The van der Waals surface area contributed by atoms with Gasteiger partial charge < -0.3 is 0 Å². The molecular weight excluding hydrogens is 219 g/mol. The van der Waals surface area contributed by atoms with E-state index < -0.39 is 0 Å². The van der Waals surface area contributed by atoms with Crippen LogP contribution in [0.2, 0.25) is 14.1 Å². The van der Waals surface area contributed by atoms with E-state index in [1.807, 2.05) is 0 Å². The van der Waals surface area contributed by atoms with Gasteiger partial charge in [-0.1, -0.05) is 0 Å². The normalized spacial score (nSPS) is 31.2. The van der Waals surface area contributed by atoms with Gasteiger partial charge in [0, 0.05) is 0 Å². The summed E-state index contributed by atoms with van der Waals surface area (Å²) in [6.45, 7) is 0. The minimum atomic E-state index is -0.328. The zero-order valence-corrected chi connectivity index (χ0v) is 10.4. The summed E-state index contributed by atoms with van der Waals surface area (Å²) in [6.07, 6.45) is 14.6. The van der Waals surface area contributed by atoms with Crippen molar-refractivity contribution >= 4 is 14.7 Å². The molecule has 0 nitrogen and oxygen atoms in total. The summed E-state index contributed by atoms with van der Waals surface area (Å²) in [5, 5.41) is 0. The molecule has 0 radical (unpaired) electrons. The standard InChI is InChI=1S/C12H21As/c1-4-10(5-1)13(11-6-2-7-11)12-8-3-9-12/h10-12H,1-9H2. The van der Waals surface area contributed by atoms with Crippen LogP contribution < -0.4 is 0 Å². The van der Waals surface area contributed by atoms with Crippen molar-refractivity contribution in [1.82, 2.24) is 0 Å². The van der Waals surface area contributed by atoms with E-state index in [0.717, 1.165) is 0 Å². The van der Waals surface area contributed by atoms with E-state index in [-0.39, 0.29) is 14.7 Å². The van der Waals surface area contributed by atoms with Crippen LogP contribution in [-0.4, -0.2) is 14.7 Å². The summed E-state index contributed by atoms with van der Waals surface area (Å²) < 4.78 is 3.97. The van der Waals surface area contributed by atoms with Gasteiger partial charge in [0.15, 0.2) is 0 Å². The van der Waals surface area contributed by atoms with Gasteiger partial charge in [-0.2, -0.15) is 0 Å². The molecule has 13 heavy (non-hydrogen) atoms. The Morgan fingerprint density at radius 2 is 0.846 bits per heavy atom. The molecule has 0 heterocycles. The van der Waals surface area contributed by atoms with Gasteiger partial charge in [0.2, 0.25) is 0 Å². The average Bonchev–Trinajstić information content (AvgIpc) is 1.73. The summed E-state index contributed by atoms with van der Waals surface area (Å²) >= 11 is -0.328. The second-order valence-corrected chi connectivity index (χ2v) is 11.7. The van der Waals surface area contributed by atoms with Crippen molar-refractivity contribution in [3.63, 3.8) is 0 Å². The molecule has 0 N–H and O–H groups in total. The van der Waals surface area contributed by atoms with Crippen molar-refractivity contribution < 1.29 is 0 Å². The average molecular weight is 240 g/mol. The molecule has 3 fully saturated rings. The van der Waals surface area contributed by atoms with Crippen LogP contribution in [0.1, 0.15) is 57.8 Å². The van der Waals surface area contributed by atoms with Crippen molar-refractivity contribution in [3.05, 3.63) is 0 Å². The molecule has 0 aromatic carbocycles. The van der Waals surface area contributed by atoms with E-state index in [9.17, 15) is 0 Å². The van der Waals surface area contributed by atoms with Gasteiger partial charge >= 0.3 is 86.6 Å². The Labute approximate surface area is 86.7 Å². The first kappa shape index (κ1) is 8.83. The van der Waals surface area contributed by atoms with E-state index in [2.05, 4.69) is 0 Å². The third-order valence-corrected chi connectivity index (χ3v) is 13.0.